The van der Waals surface area contributed by atoms with Crippen molar-refractivity contribution in [1.29, 1.82) is 0 Å². The van der Waals surface area contributed by atoms with Gasteiger partial charge < -0.3 is 19.8 Å². The second-order valence-electron chi connectivity index (χ2n) is 10.9. The van der Waals surface area contributed by atoms with Crippen LogP contribution < -0.4 is 16.0 Å². The number of hydrogen-bond acceptors (Lipinski definition) is 7. The van der Waals surface area contributed by atoms with Crippen molar-refractivity contribution in [2.45, 2.75) is 64.5 Å². The molecule has 208 valence electrons. The van der Waals surface area contributed by atoms with E-state index in [0.29, 0.717) is 12.8 Å². The molecule has 2 N–H and O–H groups in total. The van der Waals surface area contributed by atoms with E-state index in [0.717, 1.165) is 55.8 Å². The number of ether oxygens (including phenoxy) is 2. The standard InChI is InChI=1S/C32H36N4O4/c1-19-17-31(4)18-25-10-9-23(34-25)15-22-7-8-24(33-22)16-27-20(2)26(11-12-28(37)39-5)32(35-27,14-13-29(38)40-6)21(3)30(19)36-31/h7-10,15-18,33,36H,11-14H2,1-6H3/b22-15-,24-16-,25-18-,30-21-. The molecule has 4 aliphatic rings. The summed E-state index contributed by atoms with van der Waals surface area (Å²) in [6.45, 7) is 8.32. The van der Waals surface area contributed by atoms with E-state index >= 15 is 0 Å². The molecule has 0 fully saturated rings. The van der Waals surface area contributed by atoms with Crippen LogP contribution in [-0.2, 0) is 19.1 Å². The molecule has 4 aliphatic heterocycles. The Morgan fingerprint density at radius 1 is 0.950 bits per heavy atom. The minimum atomic E-state index is -0.842. The highest BCUT2D eigenvalue weighted by Crippen LogP contribution is 2.47. The fraction of sp³-hybridized carbons (Fsp3) is 0.375. The van der Waals surface area contributed by atoms with Gasteiger partial charge in [0.05, 0.1) is 36.9 Å². The van der Waals surface area contributed by atoms with E-state index < -0.39 is 11.1 Å². The number of aliphatic imine (C=N–C) groups is 2. The molecule has 5 rings (SSSR count). The zero-order valence-corrected chi connectivity index (χ0v) is 24.0. The number of carbonyl (C=O) groups excluding carboxylic acids is 2. The van der Waals surface area contributed by atoms with Crippen molar-refractivity contribution in [3.63, 3.8) is 0 Å². The van der Waals surface area contributed by atoms with E-state index in [-0.39, 0.29) is 24.8 Å². The van der Waals surface area contributed by atoms with Crippen molar-refractivity contribution in [3.8, 4) is 0 Å². The van der Waals surface area contributed by atoms with Gasteiger partial charge in [0.15, 0.2) is 0 Å². The molecule has 2 unspecified atom stereocenters. The summed E-state index contributed by atoms with van der Waals surface area (Å²) >= 11 is 0. The zero-order chi connectivity index (χ0) is 28.7. The molecule has 8 heteroatoms. The number of nitrogens with zero attached hydrogens (tertiary/aromatic N) is 2. The molecule has 0 saturated carbocycles. The molecular formula is C32H36N4O4. The monoisotopic (exact) mass is 540 g/mol. The number of fused-ring (bicyclic) bond motifs is 6. The number of aromatic amines is 1. The van der Waals surface area contributed by atoms with Gasteiger partial charge in [-0.25, -0.2) is 4.99 Å². The van der Waals surface area contributed by atoms with Crippen LogP contribution in [0.2, 0.25) is 0 Å². The first-order valence-electron chi connectivity index (χ1n) is 13.6. The third-order valence-electron chi connectivity index (χ3n) is 8.13. The molecule has 0 radical (unpaired) electrons. The highest BCUT2D eigenvalue weighted by atomic mass is 16.5. The van der Waals surface area contributed by atoms with Crippen LogP contribution in [0.15, 0.2) is 80.1 Å². The maximum atomic E-state index is 12.4. The van der Waals surface area contributed by atoms with Crippen molar-refractivity contribution >= 4 is 35.5 Å². The Morgan fingerprint density at radius 3 is 2.38 bits per heavy atom. The molecule has 2 atom stereocenters. The van der Waals surface area contributed by atoms with Gasteiger partial charge in [-0.3, -0.25) is 14.6 Å². The first-order chi connectivity index (χ1) is 19.1. The van der Waals surface area contributed by atoms with Gasteiger partial charge >= 0.3 is 11.9 Å². The van der Waals surface area contributed by atoms with Crippen molar-refractivity contribution in [1.82, 2.24) is 10.3 Å². The molecule has 5 heterocycles. The summed E-state index contributed by atoms with van der Waals surface area (Å²) in [5.74, 6) is -0.587. The van der Waals surface area contributed by atoms with Gasteiger partial charge in [-0.05, 0) is 105 Å². The molecule has 0 saturated heterocycles. The summed E-state index contributed by atoms with van der Waals surface area (Å²) < 4.78 is 10.0. The average Bonchev–Trinajstić information content (AvgIpc) is 3.68. The van der Waals surface area contributed by atoms with Gasteiger partial charge in [-0.2, -0.15) is 0 Å². The summed E-state index contributed by atoms with van der Waals surface area (Å²) in [5, 5.41) is 5.57. The quantitative estimate of drug-likeness (QED) is 0.538. The van der Waals surface area contributed by atoms with Gasteiger partial charge in [0.1, 0.15) is 5.54 Å². The number of methoxy groups -OCH3 is 2. The van der Waals surface area contributed by atoms with Crippen LogP contribution in [0.1, 0.15) is 53.4 Å². The first kappa shape index (κ1) is 27.4. The van der Waals surface area contributed by atoms with E-state index in [1.165, 1.54) is 14.2 Å². The molecule has 0 aliphatic carbocycles. The molecule has 0 amide bonds. The third-order valence-corrected chi connectivity index (χ3v) is 8.13. The lowest BCUT2D eigenvalue weighted by molar-refractivity contribution is -0.141. The van der Waals surface area contributed by atoms with Gasteiger partial charge in [-0.1, -0.05) is 6.08 Å². The van der Waals surface area contributed by atoms with Gasteiger partial charge in [0, 0.05) is 29.2 Å². The molecule has 1 aromatic rings. The summed E-state index contributed by atoms with van der Waals surface area (Å²) in [6, 6.07) is 4.03. The van der Waals surface area contributed by atoms with E-state index in [4.69, 9.17) is 19.5 Å². The topological polar surface area (TPSA) is 105 Å². The van der Waals surface area contributed by atoms with Crippen LogP contribution in [0, 0.1) is 0 Å². The van der Waals surface area contributed by atoms with E-state index in [1.807, 2.05) is 43.4 Å². The average molecular weight is 541 g/mol. The van der Waals surface area contributed by atoms with Crippen molar-refractivity contribution in [2.24, 2.45) is 9.98 Å². The maximum Gasteiger partial charge on any atom is 0.305 e. The van der Waals surface area contributed by atoms with Crippen LogP contribution >= 0.6 is 0 Å². The number of hydrogen-bond donors (Lipinski definition) is 2. The van der Waals surface area contributed by atoms with Crippen molar-refractivity contribution < 1.29 is 19.1 Å². The minimum absolute atomic E-state index is 0.181. The number of aromatic nitrogens is 1. The molecule has 1 aromatic heterocycles. The second kappa shape index (κ2) is 10.4. The molecule has 0 aromatic carbocycles. The smallest absolute Gasteiger partial charge is 0.305 e. The predicted octanol–water partition coefficient (Wildman–Crippen LogP) is 3.48. The Balaban J connectivity index is 1.77. The molecule has 0 spiro atoms. The van der Waals surface area contributed by atoms with Crippen LogP contribution in [0.25, 0.3) is 12.2 Å². The molecular weight excluding hydrogens is 504 g/mol. The van der Waals surface area contributed by atoms with Crippen LogP contribution in [0.4, 0.5) is 0 Å². The number of H-pyrrole nitrogens is 1. The van der Waals surface area contributed by atoms with Gasteiger partial charge in [0.2, 0.25) is 0 Å². The van der Waals surface area contributed by atoms with Crippen LogP contribution in [0.3, 0.4) is 0 Å². The number of allylic oxidation sites excluding steroid dienone is 4. The van der Waals surface area contributed by atoms with Crippen molar-refractivity contribution in [3.05, 3.63) is 80.8 Å². The minimum Gasteiger partial charge on any atom is -0.469 e. The predicted molar refractivity (Wildman–Crippen MR) is 157 cm³/mol. The SMILES string of the molecule is COC(=O)CCC1=C(C)C2=NC1(CCC(=O)OC)/C(C)=C1\NC(C)(C=C1C)/C=C1/C=CC(=N1)/C=c1/cc/c([nH]1)=C/2. The lowest BCUT2D eigenvalue weighted by Crippen LogP contribution is -2.38. The second-order valence-corrected chi connectivity index (χ2v) is 10.9. The Labute approximate surface area is 234 Å². The van der Waals surface area contributed by atoms with E-state index in [2.05, 4.69) is 43.2 Å². The largest absolute Gasteiger partial charge is 0.469 e. The Morgan fingerprint density at radius 2 is 1.65 bits per heavy atom. The van der Waals surface area contributed by atoms with Crippen LogP contribution in [-0.4, -0.2) is 53.6 Å². The first-order valence-corrected chi connectivity index (χ1v) is 13.6. The molecule has 40 heavy (non-hydrogen) atoms. The summed E-state index contributed by atoms with van der Waals surface area (Å²) in [6.07, 6.45) is 13.7. The Kier molecular flexibility index (Phi) is 7.12. The van der Waals surface area contributed by atoms with Crippen LogP contribution in [0.5, 0.6) is 0 Å². The Bertz CT molecular complexity index is 1630. The fourth-order valence-corrected chi connectivity index (χ4v) is 6.14. The number of esters is 2. The number of nitrogens with one attached hydrogen (secondary N) is 2. The summed E-state index contributed by atoms with van der Waals surface area (Å²) in [7, 11) is 2.80. The highest BCUT2D eigenvalue weighted by molar-refractivity contribution is 6.22. The third kappa shape index (κ3) is 5.06. The van der Waals surface area contributed by atoms with Gasteiger partial charge in [0.25, 0.3) is 0 Å². The fourth-order valence-electron chi connectivity index (χ4n) is 6.14. The van der Waals surface area contributed by atoms with E-state index in [1.54, 1.807) is 0 Å². The number of rotatable bonds is 6. The summed E-state index contributed by atoms with van der Waals surface area (Å²) in [5.41, 5.74) is 6.32. The van der Waals surface area contributed by atoms with Crippen molar-refractivity contribution in [2.75, 3.05) is 14.2 Å². The number of carbonyl (C=O) groups is 2. The highest BCUT2D eigenvalue weighted by Gasteiger charge is 2.45. The lowest BCUT2D eigenvalue weighted by Gasteiger charge is -2.34. The lowest BCUT2D eigenvalue weighted by atomic mass is 9.76. The maximum absolute atomic E-state index is 12.4. The zero-order valence-electron chi connectivity index (χ0n) is 24.0. The molecule has 8 nitrogen and oxygen atoms in total. The van der Waals surface area contributed by atoms with Gasteiger partial charge in [-0.15, -0.1) is 0 Å². The molecule has 8 bridgehead atoms. The van der Waals surface area contributed by atoms with E-state index in [9.17, 15) is 9.59 Å². The normalized spacial score (nSPS) is 29.8. The summed E-state index contributed by atoms with van der Waals surface area (Å²) in [4.78, 5) is 38.4. The Hall–Kier alpha value is -4.20.